The molecular weight excluding hydrogens is 428 g/mol. The average Bonchev–Trinajstić information content (AvgIpc) is 3.40. The van der Waals surface area contributed by atoms with Crippen LogP contribution in [0.1, 0.15) is 27.9 Å². The highest BCUT2D eigenvalue weighted by Gasteiger charge is 2.28. The van der Waals surface area contributed by atoms with E-state index in [1.807, 2.05) is 37.3 Å². The van der Waals surface area contributed by atoms with Gasteiger partial charge in [0.1, 0.15) is 6.04 Å². The second kappa shape index (κ2) is 8.86. The largest absolute Gasteiger partial charge is 0.325 e. The van der Waals surface area contributed by atoms with Crippen molar-refractivity contribution in [3.8, 4) is 0 Å². The number of nitrogens with one attached hydrogen (secondary N) is 1. The summed E-state index contributed by atoms with van der Waals surface area (Å²) < 4.78 is 0. The molecule has 0 spiro atoms. The third kappa shape index (κ3) is 4.53. The lowest BCUT2D eigenvalue weighted by molar-refractivity contribution is -0.116. The molecule has 5 rings (SSSR count). The van der Waals surface area contributed by atoms with Crippen LogP contribution in [0.25, 0.3) is 0 Å². The lowest BCUT2D eigenvalue weighted by Crippen LogP contribution is -2.43. The van der Waals surface area contributed by atoms with E-state index in [-0.39, 0.29) is 17.2 Å². The normalized spacial score (nSPS) is 20.5. The lowest BCUT2D eigenvalue weighted by atomic mass is 9.99. The van der Waals surface area contributed by atoms with Crippen LogP contribution in [0.5, 0.6) is 0 Å². The Bertz CT molecular complexity index is 1120. The van der Waals surface area contributed by atoms with E-state index in [1.54, 1.807) is 35.5 Å². The zero-order chi connectivity index (χ0) is 21.2. The number of fused-ring (bicyclic) bond motifs is 1. The minimum Gasteiger partial charge on any atom is -0.325 e. The molecule has 3 aromatic rings. The fraction of sp³-hybridized carbons (Fsp3) is 0.318. The number of thiazole rings is 1. The van der Waals surface area contributed by atoms with Gasteiger partial charge in [-0.1, -0.05) is 0 Å². The molecule has 4 heterocycles. The molecule has 2 unspecified atom stereocenters. The standard InChI is InChI=1S/C22H22N6OS2/c1-14-24-17(13-31-14)11-28-8-9-30-20(12-28)22(29)25-16-2-3-19-18(10-16)21(27-26-19)15-4-6-23-7-5-15/h2-7,10,13,20-21H,8-9,11-12H2,1H3,(H,25,29). The van der Waals surface area contributed by atoms with Gasteiger partial charge >= 0.3 is 0 Å². The monoisotopic (exact) mass is 450 g/mol. The molecule has 1 N–H and O–H groups in total. The third-order valence-corrected chi connectivity index (χ3v) is 7.39. The maximum Gasteiger partial charge on any atom is 0.238 e. The smallest absolute Gasteiger partial charge is 0.238 e. The second-order valence-corrected chi connectivity index (χ2v) is 9.99. The van der Waals surface area contributed by atoms with Gasteiger partial charge in [0.25, 0.3) is 0 Å². The summed E-state index contributed by atoms with van der Waals surface area (Å²) in [6.45, 7) is 4.51. The van der Waals surface area contributed by atoms with Crippen LogP contribution < -0.4 is 5.32 Å². The summed E-state index contributed by atoms with van der Waals surface area (Å²) in [6, 6.07) is 9.54. The number of aryl methyl sites for hydroxylation is 1. The van der Waals surface area contributed by atoms with Gasteiger partial charge in [-0.15, -0.1) is 23.1 Å². The predicted octanol–water partition coefficient (Wildman–Crippen LogP) is 4.59. The van der Waals surface area contributed by atoms with Crippen molar-refractivity contribution in [2.75, 3.05) is 24.2 Å². The first kappa shape index (κ1) is 20.3. The molecule has 0 saturated carbocycles. The number of hydrogen-bond donors (Lipinski definition) is 1. The van der Waals surface area contributed by atoms with Crippen molar-refractivity contribution in [3.05, 3.63) is 69.9 Å². The predicted molar refractivity (Wildman–Crippen MR) is 124 cm³/mol. The first-order valence-electron chi connectivity index (χ1n) is 10.2. The van der Waals surface area contributed by atoms with Gasteiger partial charge in [0, 0.05) is 54.4 Å². The van der Waals surface area contributed by atoms with Gasteiger partial charge in [0.15, 0.2) is 0 Å². The maximum absolute atomic E-state index is 13.0. The van der Waals surface area contributed by atoms with Crippen LogP contribution in [-0.4, -0.2) is 44.9 Å². The van der Waals surface area contributed by atoms with Crippen LogP contribution in [0.3, 0.4) is 0 Å². The van der Waals surface area contributed by atoms with Crippen LogP contribution in [0.4, 0.5) is 11.4 Å². The fourth-order valence-corrected chi connectivity index (χ4v) is 5.63. The van der Waals surface area contributed by atoms with Gasteiger partial charge < -0.3 is 5.32 Å². The number of amides is 1. The Labute approximate surface area is 189 Å². The Morgan fingerprint density at radius 2 is 2.13 bits per heavy atom. The molecule has 2 atom stereocenters. The van der Waals surface area contributed by atoms with Gasteiger partial charge in [-0.25, -0.2) is 4.98 Å². The molecule has 2 aromatic heterocycles. The molecule has 2 aliphatic rings. The first-order chi connectivity index (χ1) is 15.2. The van der Waals surface area contributed by atoms with Crippen LogP contribution in [0, 0.1) is 6.92 Å². The molecule has 0 aliphatic carbocycles. The quantitative estimate of drug-likeness (QED) is 0.615. The van der Waals surface area contributed by atoms with Crippen molar-refractivity contribution >= 4 is 40.4 Å². The molecule has 0 bridgehead atoms. The van der Waals surface area contributed by atoms with E-state index in [0.29, 0.717) is 0 Å². The zero-order valence-corrected chi connectivity index (χ0v) is 18.7. The van der Waals surface area contributed by atoms with Crippen molar-refractivity contribution in [3.63, 3.8) is 0 Å². The third-order valence-electron chi connectivity index (χ3n) is 5.39. The molecule has 31 heavy (non-hydrogen) atoms. The Morgan fingerprint density at radius 3 is 2.94 bits per heavy atom. The average molecular weight is 451 g/mol. The number of benzene rings is 1. The molecule has 1 amide bonds. The Morgan fingerprint density at radius 1 is 1.26 bits per heavy atom. The number of nitrogens with zero attached hydrogens (tertiary/aromatic N) is 5. The van der Waals surface area contributed by atoms with Crippen LogP contribution >= 0.6 is 23.1 Å². The zero-order valence-electron chi connectivity index (χ0n) is 17.1. The number of aromatic nitrogens is 2. The molecule has 2 aliphatic heterocycles. The minimum atomic E-state index is -0.157. The van der Waals surface area contributed by atoms with Crippen LogP contribution in [0.15, 0.2) is 58.3 Å². The van der Waals surface area contributed by atoms with Gasteiger partial charge in [0.2, 0.25) is 5.91 Å². The van der Waals surface area contributed by atoms with E-state index in [9.17, 15) is 4.79 Å². The Kier molecular flexibility index (Phi) is 5.80. The first-order valence-corrected chi connectivity index (χ1v) is 12.1. The number of thioether (sulfide) groups is 1. The van der Waals surface area contributed by atoms with Crippen LogP contribution in [-0.2, 0) is 11.3 Å². The Hall–Kier alpha value is -2.62. The van der Waals surface area contributed by atoms with E-state index in [4.69, 9.17) is 0 Å². The highest BCUT2D eigenvalue weighted by molar-refractivity contribution is 8.00. The van der Waals surface area contributed by atoms with Crippen molar-refractivity contribution in [2.24, 2.45) is 10.2 Å². The molecule has 1 saturated heterocycles. The number of carbonyl (C=O) groups is 1. The maximum atomic E-state index is 13.0. The van der Waals surface area contributed by atoms with Gasteiger partial charge in [-0.05, 0) is 42.8 Å². The summed E-state index contributed by atoms with van der Waals surface area (Å²) in [5.41, 5.74) is 4.75. The van der Waals surface area contributed by atoms with Crippen molar-refractivity contribution in [1.82, 2.24) is 14.9 Å². The molecular formula is C22H22N6OS2. The summed E-state index contributed by atoms with van der Waals surface area (Å²) in [5, 5.41) is 14.9. The van der Waals surface area contributed by atoms with Crippen molar-refractivity contribution < 1.29 is 4.79 Å². The second-order valence-electron chi connectivity index (χ2n) is 7.61. The fourth-order valence-electron chi connectivity index (χ4n) is 3.85. The molecule has 7 nitrogen and oxygen atoms in total. The summed E-state index contributed by atoms with van der Waals surface area (Å²) in [6.07, 6.45) is 3.51. The lowest BCUT2D eigenvalue weighted by Gasteiger charge is -2.31. The number of anilines is 1. The molecule has 9 heteroatoms. The highest BCUT2D eigenvalue weighted by atomic mass is 32.2. The molecule has 1 fully saturated rings. The van der Waals surface area contributed by atoms with Gasteiger partial charge in [-0.3, -0.25) is 14.7 Å². The number of pyridine rings is 1. The van der Waals surface area contributed by atoms with Crippen LogP contribution in [0.2, 0.25) is 0 Å². The highest BCUT2D eigenvalue weighted by Crippen LogP contribution is 2.41. The minimum absolute atomic E-state index is 0.0384. The van der Waals surface area contributed by atoms with E-state index < -0.39 is 0 Å². The van der Waals surface area contributed by atoms with Crippen molar-refractivity contribution in [1.29, 1.82) is 0 Å². The van der Waals surface area contributed by atoms with E-state index in [2.05, 4.69) is 35.8 Å². The number of carbonyl (C=O) groups excluding carboxylic acids is 1. The number of rotatable bonds is 5. The summed E-state index contributed by atoms with van der Waals surface area (Å²) >= 11 is 3.39. The topological polar surface area (TPSA) is 82.8 Å². The summed E-state index contributed by atoms with van der Waals surface area (Å²) in [7, 11) is 0. The number of hydrogen-bond acceptors (Lipinski definition) is 8. The molecule has 0 radical (unpaired) electrons. The summed E-state index contributed by atoms with van der Waals surface area (Å²) in [5.74, 6) is 0.976. The van der Waals surface area contributed by atoms with Crippen molar-refractivity contribution in [2.45, 2.75) is 24.8 Å². The van der Waals surface area contributed by atoms with E-state index in [0.717, 1.165) is 58.6 Å². The van der Waals surface area contributed by atoms with E-state index >= 15 is 0 Å². The van der Waals surface area contributed by atoms with Gasteiger partial charge in [-0.2, -0.15) is 10.2 Å². The summed E-state index contributed by atoms with van der Waals surface area (Å²) in [4.78, 5) is 23.9. The SMILES string of the molecule is Cc1nc(CN2CCSC(C(=O)Nc3ccc4c(c3)C(c3ccncc3)N=N4)C2)cs1. The molecule has 158 valence electrons. The molecule has 1 aromatic carbocycles. The Balaban J connectivity index is 1.25. The van der Waals surface area contributed by atoms with E-state index in [1.165, 1.54) is 0 Å². The number of azo groups is 1. The van der Waals surface area contributed by atoms with Gasteiger partial charge in [0.05, 0.1) is 21.6 Å².